The highest BCUT2D eigenvalue weighted by molar-refractivity contribution is 7.99. The van der Waals surface area contributed by atoms with E-state index in [2.05, 4.69) is 15.5 Å². The van der Waals surface area contributed by atoms with Gasteiger partial charge < -0.3 is 20.1 Å². The van der Waals surface area contributed by atoms with Crippen molar-refractivity contribution in [2.24, 2.45) is 0 Å². The quantitative estimate of drug-likeness (QED) is 0.668. The van der Waals surface area contributed by atoms with Crippen molar-refractivity contribution in [3.63, 3.8) is 0 Å². The van der Waals surface area contributed by atoms with Crippen molar-refractivity contribution >= 4 is 35.3 Å². The first-order valence-corrected chi connectivity index (χ1v) is 11.9. The number of aliphatic hydroxyl groups is 1. The molecule has 6 rings (SSSR count). The van der Waals surface area contributed by atoms with Gasteiger partial charge in [-0.3, -0.25) is 5.32 Å². The molecule has 4 aliphatic rings. The molecule has 1 aromatic heterocycles. The van der Waals surface area contributed by atoms with Crippen molar-refractivity contribution in [2.45, 2.75) is 48.1 Å². The Labute approximate surface area is 184 Å². The second-order valence-corrected chi connectivity index (χ2v) is 9.96. The van der Waals surface area contributed by atoms with Crippen LogP contribution in [0.25, 0.3) is 0 Å². The molecular formula is C22H25N5O3S. The molecule has 1 spiro atoms. The van der Waals surface area contributed by atoms with Gasteiger partial charge in [0, 0.05) is 43.7 Å². The predicted octanol–water partition coefficient (Wildman–Crippen LogP) is 3.12. The van der Waals surface area contributed by atoms with Crippen molar-refractivity contribution < 1.29 is 14.6 Å². The van der Waals surface area contributed by atoms with Crippen LogP contribution in [0.3, 0.4) is 0 Å². The number of carbonyl (C=O) groups is 1. The molecule has 1 saturated heterocycles. The number of nitrogens with one attached hydrogen (secondary N) is 2. The molecule has 8 nitrogen and oxygen atoms in total. The number of rotatable bonds is 4. The minimum absolute atomic E-state index is 0.122. The van der Waals surface area contributed by atoms with Gasteiger partial charge in [0.25, 0.3) is 0 Å². The van der Waals surface area contributed by atoms with Crippen molar-refractivity contribution in [3.05, 3.63) is 35.5 Å². The summed E-state index contributed by atoms with van der Waals surface area (Å²) >= 11 is 1.79. The number of hydrogen-bond donors (Lipinski definition) is 3. The van der Waals surface area contributed by atoms with Crippen LogP contribution in [0.4, 0.5) is 22.2 Å². The molecule has 0 unspecified atom stereocenters. The highest BCUT2D eigenvalue weighted by Gasteiger charge is 2.46. The fraction of sp³-hybridized carbons (Fsp3) is 0.500. The molecule has 3 N–H and O–H groups in total. The zero-order valence-electron chi connectivity index (χ0n) is 17.2. The van der Waals surface area contributed by atoms with Crippen molar-refractivity contribution in [2.75, 3.05) is 41.0 Å². The third-order valence-corrected chi connectivity index (χ3v) is 7.97. The number of amides is 1. The lowest BCUT2D eigenvalue weighted by molar-refractivity contribution is -0.00820. The number of carbonyl (C=O) groups excluding carboxylic acids is 1. The number of benzene rings is 1. The maximum absolute atomic E-state index is 12.2. The standard InChI is InChI=1S/C22H25N5O3S/c28-13-21(6-7-21)26-18-17-16(5-12-31-17)23-19(25-18)27-10-8-22(9-11-27)14-3-1-2-4-15(14)24-20(29)30-22/h1-4,28H,5-13H2,(H,24,29)(H,23,25,26). The second-order valence-electron chi connectivity index (χ2n) is 8.85. The molecule has 3 aliphatic heterocycles. The number of nitrogens with zero attached hydrogens (tertiary/aromatic N) is 3. The zero-order chi connectivity index (χ0) is 21.1. The summed E-state index contributed by atoms with van der Waals surface area (Å²) < 4.78 is 5.85. The van der Waals surface area contributed by atoms with E-state index < -0.39 is 5.60 Å². The summed E-state index contributed by atoms with van der Waals surface area (Å²) in [5.74, 6) is 2.59. The number of aryl methyl sites for hydroxylation is 1. The van der Waals surface area contributed by atoms with E-state index in [9.17, 15) is 9.90 Å². The van der Waals surface area contributed by atoms with Gasteiger partial charge in [0.15, 0.2) is 0 Å². The van der Waals surface area contributed by atoms with Crippen LogP contribution in [0.15, 0.2) is 29.2 Å². The summed E-state index contributed by atoms with van der Waals surface area (Å²) in [6, 6.07) is 7.89. The Morgan fingerprint density at radius 3 is 2.77 bits per heavy atom. The topological polar surface area (TPSA) is 99.6 Å². The number of ether oxygens (including phenoxy) is 1. The average Bonchev–Trinajstić information content (AvgIpc) is 3.39. The molecule has 0 atom stereocenters. The molecule has 1 aromatic carbocycles. The first-order valence-electron chi connectivity index (χ1n) is 10.9. The van der Waals surface area contributed by atoms with Crippen molar-refractivity contribution in [1.82, 2.24) is 9.97 Å². The van der Waals surface area contributed by atoms with Crippen LogP contribution in [0, 0.1) is 0 Å². The Morgan fingerprint density at radius 2 is 2.00 bits per heavy atom. The van der Waals surface area contributed by atoms with Gasteiger partial charge in [0.2, 0.25) is 5.95 Å². The number of hydrogen-bond acceptors (Lipinski definition) is 8. The molecule has 2 fully saturated rings. The maximum Gasteiger partial charge on any atom is 0.412 e. The Kier molecular flexibility index (Phi) is 4.33. The SMILES string of the molecule is O=C1Nc2ccccc2C2(CCN(c3nc4c(c(NC5(CO)CC5)n3)SCC4)CC2)O1. The van der Waals surface area contributed by atoms with Crippen LogP contribution < -0.4 is 15.5 Å². The number of aromatic nitrogens is 2. The molecule has 1 aliphatic carbocycles. The van der Waals surface area contributed by atoms with E-state index >= 15 is 0 Å². The summed E-state index contributed by atoms with van der Waals surface area (Å²) in [6.45, 7) is 1.53. The minimum Gasteiger partial charge on any atom is -0.438 e. The molecule has 4 heterocycles. The number of fused-ring (bicyclic) bond motifs is 3. The highest BCUT2D eigenvalue weighted by atomic mass is 32.2. The molecule has 9 heteroatoms. The Balaban J connectivity index is 1.27. The first kappa shape index (κ1) is 19.2. The molecule has 2 aromatic rings. The number of thioether (sulfide) groups is 1. The number of aliphatic hydroxyl groups excluding tert-OH is 1. The summed E-state index contributed by atoms with van der Waals surface area (Å²) in [7, 11) is 0. The zero-order valence-corrected chi connectivity index (χ0v) is 18.0. The largest absolute Gasteiger partial charge is 0.438 e. The Morgan fingerprint density at radius 1 is 1.19 bits per heavy atom. The number of anilines is 3. The van der Waals surface area contributed by atoms with Gasteiger partial charge in [-0.2, -0.15) is 4.98 Å². The van der Waals surface area contributed by atoms with Gasteiger partial charge >= 0.3 is 6.09 Å². The molecule has 1 saturated carbocycles. The molecule has 31 heavy (non-hydrogen) atoms. The van der Waals surface area contributed by atoms with Crippen LogP contribution in [0.1, 0.15) is 36.9 Å². The fourth-order valence-corrected chi connectivity index (χ4v) is 5.85. The van der Waals surface area contributed by atoms with Gasteiger partial charge in [0.1, 0.15) is 11.4 Å². The van der Waals surface area contributed by atoms with Gasteiger partial charge in [-0.15, -0.1) is 11.8 Å². The van der Waals surface area contributed by atoms with E-state index in [0.717, 1.165) is 58.6 Å². The lowest BCUT2D eigenvalue weighted by atomic mass is 9.82. The van der Waals surface area contributed by atoms with E-state index in [1.165, 1.54) is 0 Å². The summed E-state index contributed by atoms with van der Waals surface area (Å²) in [4.78, 5) is 25.3. The van der Waals surface area contributed by atoms with Crippen LogP contribution >= 0.6 is 11.8 Å². The number of piperidine rings is 1. The van der Waals surface area contributed by atoms with Crippen LogP contribution in [-0.4, -0.2) is 52.2 Å². The van der Waals surface area contributed by atoms with E-state index in [1.54, 1.807) is 11.8 Å². The Bertz CT molecular complexity index is 1050. The van der Waals surface area contributed by atoms with Gasteiger partial charge in [0.05, 0.1) is 28.4 Å². The van der Waals surface area contributed by atoms with Gasteiger partial charge in [-0.25, -0.2) is 9.78 Å². The molecular weight excluding hydrogens is 414 g/mol. The monoisotopic (exact) mass is 439 g/mol. The van der Waals surface area contributed by atoms with Crippen LogP contribution in [0.5, 0.6) is 0 Å². The summed E-state index contributed by atoms with van der Waals surface area (Å²) in [5, 5.41) is 16.1. The predicted molar refractivity (Wildman–Crippen MR) is 119 cm³/mol. The van der Waals surface area contributed by atoms with E-state index in [4.69, 9.17) is 14.7 Å². The van der Waals surface area contributed by atoms with Crippen molar-refractivity contribution in [1.29, 1.82) is 0 Å². The summed E-state index contributed by atoms with van der Waals surface area (Å²) in [6.07, 6.45) is 3.86. The van der Waals surface area contributed by atoms with E-state index in [-0.39, 0.29) is 18.2 Å². The summed E-state index contributed by atoms with van der Waals surface area (Å²) in [5.41, 5.74) is 2.15. The maximum atomic E-state index is 12.2. The lowest BCUT2D eigenvalue weighted by Crippen LogP contribution is -2.48. The normalized spacial score (nSPS) is 22.4. The first-order chi connectivity index (χ1) is 15.1. The average molecular weight is 440 g/mol. The van der Waals surface area contributed by atoms with Crippen molar-refractivity contribution in [3.8, 4) is 0 Å². The second kappa shape index (κ2) is 7.00. The minimum atomic E-state index is -0.599. The van der Waals surface area contributed by atoms with Crippen LogP contribution in [-0.2, 0) is 16.8 Å². The Hall–Kier alpha value is -2.52. The molecule has 1 amide bonds. The van der Waals surface area contributed by atoms with Crippen LogP contribution in [0.2, 0.25) is 0 Å². The van der Waals surface area contributed by atoms with E-state index in [1.807, 2.05) is 24.3 Å². The van der Waals surface area contributed by atoms with Gasteiger partial charge in [-0.05, 0) is 18.9 Å². The smallest absolute Gasteiger partial charge is 0.412 e. The van der Waals surface area contributed by atoms with Gasteiger partial charge in [-0.1, -0.05) is 18.2 Å². The van der Waals surface area contributed by atoms with E-state index in [0.29, 0.717) is 25.9 Å². The lowest BCUT2D eigenvalue weighted by Gasteiger charge is -2.44. The molecule has 0 bridgehead atoms. The third-order valence-electron chi connectivity index (χ3n) is 6.85. The third kappa shape index (κ3) is 3.22. The highest BCUT2D eigenvalue weighted by Crippen LogP contribution is 2.46. The number of para-hydroxylation sites is 1. The molecule has 0 radical (unpaired) electrons. The fourth-order valence-electron chi connectivity index (χ4n) is 4.80. The molecule has 162 valence electrons.